The monoisotopic (exact) mass is 248 g/mol. The molecule has 3 heterocycles. The van der Waals surface area contributed by atoms with Gasteiger partial charge in [0, 0.05) is 31.6 Å². The third kappa shape index (κ3) is 2.41. The van der Waals surface area contributed by atoms with Crippen molar-refractivity contribution in [2.75, 3.05) is 5.32 Å². The molecular formula is C13H20N4O. The minimum absolute atomic E-state index is 0.116. The molecule has 3 rings (SSSR count). The minimum atomic E-state index is 0.116. The highest BCUT2D eigenvalue weighted by molar-refractivity contribution is 5.89. The molecule has 0 saturated carbocycles. The van der Waals surface area contributed by atoms with Crippen molar-refractivity contribution < 1.29 is 4.79 Å². The Morgan fingerprint density at radius 3 is 2.83 bits per heavy atom. The van der Waals surface area contributed by atoms with E-state index < -0.39 is 0 Å². The molecule has 1 aromatic rings. The molecule has 2 aliphatic heterocycles. The number of hydrogen-bond donors (Lipinski definition) is 2. The molecule has 2 unspecified atom stereocenters. The van der Waals surface area contributed by atoms with Crippen molar-refractivity contribution in [2.24, 2.45) is 13.0 Å². The quantitative estimate of drug-likeness (QED) is 0.847. The topological polar surface area (TPSA) is 59.0 Å². The van der Waals surface area contributed by atoms with Gasteiger partial charge in [-0.2, -0.15) is 5.10 Å². The Hall–Kier alpha value is -1.36. The second kappa shape index (κ2) is 4.72. The third-order valence-electron chi connectivity index (χ3n) is 4.13. The summed E-state index contributed by atoms with van der Waals surface area (Å²) in [6.07, 6.45) is 7.19. The van der Waals surface area contributed by atoms with E-state index in [1.165, 1.54) is 12.8 Å². The summed E-state index contributed by atoms with van der Waals surface area (Å²) in [5.41, 5.74) is 0. The molecule has 2 aliphatic rings. The van der Waals surface area contributed by atoms with Crippen LogP contribution in [0, 0.1) is 5.92 Å². The number of nitrogens with one attached hydrogen (secondary N) is 2. The van der Waals surface area contributed by atoms with Gasteiger partial charge in [0.2, 0.25) is 5.91 Å². The van der Waals surface area contributed by atoms with Crippen molar-refractivity contribution in [1.82, 2.24) is 15.1 Å². The van der Waals surface area contributed by atoms with E-state index in [0.29, 0.717) is 24.4 Å². The number of carbonyl (C=O) groups excluding carboxylic acids is 1. The maximum atomic E-state index is 12.0. The number of nitrogens with zero attached hydrogens (tertiary/aromatic N) is 2. The fourth-order valence-corrected chi connectivity index (χ4v) is 3.29. The molecule has 0 radical (unpaired) electrons. The van der Waals surface area contributed by atoms with Crippen LogP contribution >= 0.6 is 0 Å². The van der Waals surface area contributed by atoms with E-state index in [4.69, 9.17) is 0 Å². The second-order valence-electron chi connectivity index (χ2n) is 5.57. The van der Waals surface area contributed by atoms with Gasteiger partial charge in [0.1, 0.15) is 5.82 Å². The number of rotatable bonds is 3. The number of aromatic nitrogens is 2. The van der Waals surface area contributed by atoms with Crippen LogP contribution in [-0.4, -0.2) is 27.8 Å². The second-order valence-corrected chi connectivity index (χ2v) is 5.57. The van der Waals surface area contributed by atoms with E-state index in [9.17, 15) is 4.79 Å². The Morgan fingerprint density at radius 1 is 1.50 bits per heavy atom. The lowest BCUT2D eigenvalue weighted by Gasteiger charge is -2.28. The number of piperidine rings is 1. The summed E-state index contributed by atoms with van der Waals surface area (Å²) in [6.45, 7) is 0. The lowest BCUT2D eigenvalue weighted by Crippen LogP contribution is -2.39. The van der Waals surface area contributed by atoms with Crippen molar-refractivity contribution >= 4 is 11.7 Å². The van der Waals surface area contributed by atoms with E-state index in [2.05, 4.69) is 15.7 Å². The number of fused-ring (bicyclic) bond motifs is 2. The smallest absolute Gasteiger partial charge is 0.225 e. The first-order valence-corrected chi connectivity index (χ1v) is 6.74. The molecule has 0 aromatic carbocycles. The number of carbonyl (C=O) groups is 1. The molecule has 2 saturated heterocycles. The highest BCUT2D eigenvalue weighted by Crippen LogP contribution is 2.32. The molecular weight excluding hydrogens is 228 g/mol. The van der Waals surface area contributed by atoms with Crippen LogP contribution in [0.5, 0.6) is 0 Å². The molecule has 1 amide bonds. The Labute approximate surface area is 107 Å². The average Bonchev–Trinajstić information content (AvgIpc) is 2.86. The summed E-state index contributed by atoms with van der Waals surface area (Å²) >= 11 is 0. The minimum Gasteiger partial charge on any atom is -0.311 e. The van der Waals surface area contributed by atoms with Crippen LogP contribution in [0.3, 0.4) is 0 Å². The van der Waals surface area contributed by atoms with Gasteiger partial charge in [-0.3, -0.25) is 9.48 Å². The first-order valence-electron chi connectivity index (χ1n) is 6.74. The van der Waals surface area contributed by atoms with Gasteiger partial charge < -0.3 is 10.6 Å². The molecule has 2 atom stereocenters. The molecule has 2 N–H and O–H groups in total. The Bertz CT molecular complexity index is 430. The molecule has 5 heteroatoms. The van der Waals surface area contributed by atoms with E-state index in [0.717, 1.165) is 18.7 Å². The normalized spacial score (nSPS) is 30.4. The first-order chi connectivity index (χ1) is 8.70. The van der Waals surface area contributed by atoms with Crippen molar-refractivity contribution in [3.63, 3.8) is 0 Å². The molecule has 0 spiro atoms. The van der Waals surface area contributed by atoms with Gasteiger partial charge >= 0.3 is 0 Å². The fraction of sp³-hybridized carbons (Fsp3) is 0.692. The van der Waals surface area contributed by atoms with Crippen LogP contribution in [0.1, 0.15) is 32.1 Å². The molecule has 98 valence electrons. The van der Waals surface area contributed by atoms with Gasteiger partial charge in [-0.25, -0.2) is 0 Å². The van der Waals surface area contributed by atoms with Crippen LogP contribution in [0.15, 0.2) is 12.3 Å². The van der Waals surface area contributed by atoms with Crippen LogP contribution < -0.4 is 10.6 Å². The predicted molar refractivity (Wildman–Crippen MR) is 69.1 cm³/mol. The molecule has 2 fully saturated rings. The Morgan fingerprint density at radius 2 is 2.22 bits per heavy atom. The number of amides is 1. The number of aryl methyl sites for hydroxylation is 1. The Balaban J connectivity index is 1.54. The molecule has 5 nitrogen and oxygen atoms in total. The van der Waals surface area contributed by atoms with Crippen LogP contribution in [-0.2, 0) is 11.8 Å². The highest BCUT2D eigenvalue weighted by atomic mass is 16.1. The maximum Gasteiger partial charge on any atom is 0.225 e. The van der Waals surface area contributed by atoms with Crippen molar-refractivity contribution in [2.45, 2.75) is 44.2 Å². The van der Waals surface area contributed by atoms with Gasteiger partial charge in [-0.15, -0.1) is 0 Å². The van der Waals surface area contributed by atoms with Crippen LogP contribution in [0.25, 0.3) is 0 Å². The summed E-state index contributed by atoms with van der Waals surface area (Å²) in [5, 5.41) is 10.6. The lowest BCUT2D eigenvalue weighted by atomic mass is 9.89. The van der Waals surface area contributed by atoms with E-state index >= 15 is 0 Å². The van der Waals surface area contributed by atoms with E-state index in [-0.39, 0.29) is 5.91 Å². The summed E-state index contributed by atoms with van der Waals surface area (Å²) in [5.74, 6) is 1.43. The number of anilines is 1. The molecule has 2 bridgehead atoms. The Kier molecular flexibility index (Phi) is 3.07. The zero-order valence-corrected chi connectivity index (χ0v) is 10.7. The van der Waals surface area contributed by atoms with Crippen molar-refractivity contribution in [1.29, 1.82) is 0 Å². The molecule has 1 aromatic heterocycles. The summed E-state index contributed by atoms with van der Waals surface area (Å²) in [7, 11) is 1.83. The zero-order chi connectivity index (χ0) is 12.5. The lowest BCUT2D eigenvalue weighted by molar-refractivity contribution is -0.117. The third-order valence-corrected chi connectivity index (χ3v) is 4.13. The van der Waals surface area contributed by atoms with Gasteiger partial charge in [0.25, 0.3) is 0 Å². The predicted octanol–water partition coefficient (Wildman–Crippen LogP) is 1.28. The van der Waals surface area contributed by atoms with Gasteiger partial charge in [0.05, 0.1) is 6.20 Å². The average molecular weight is 248 g/mol. The summed E-state index contributed by atoms with van der Waals surface area (Å²) < 4.78 is 1.68. The van der Waals surface area contributed by atoms with Gasteiger partial charge in [-0.05, 0) is 31.6 Å². The first kappa shape index (κ1) is 11.7. The van der Waals surface area contributed by atoms with E-state index in [1.807, 2.05) is 13.1 Å². The summed E-state index contributed by atoms with van der Waals surface area (Å²) in [6, 6.07) is 3.13. The SMILES string of the molecule is Cn1nccc1NC(=O)CC1CC2CCC(C1)N2. The fourth-order valence-electron chi connectivity index (χ4n) is 3.29. The van der Waals surface area contributed by atoms with Crippen LogP contribution in [0.2, 0.25) is 0 Å². The highest BCUT2D eigenvalue weighted by Gasteiger charge is 2.34. The van der Waals surface area contributed by atoms with Crippen LogP contribution in [0.4, 0.5) is 5.82 Å². The standard InChI is InChI=1S/C13H20N4O/c1-17-12(4-5-14-17)16-13(18)8-9-6-10-2-3-11(7-9)15-10/h4-5,9-11,15H,2-3,6-8H2,1H3,(H,16,18). The van der Waals surface area contributed by atoms with Gasteiger partial charge in [-0.1, -0.05) is 0 Å². The largest absolute Gasteiger partial charge is 0.311 e. The van der Waals surface area contributed by atoms with Crippen molar-refractivity contribution in [3.8, 4) is 0 Å². The van der Waals surface area contributed by atoms with Gasteiger partial charge in [0.15, 0.2) is 0 Å². The summed E-state index contributed by atoms with van der Waals surface area (Å²) in [4.78, 5) is 12.0. The number of hydrogen-bond acceptors (Lipinski definition) is 3. The zero-order valence-electron chi connectivity index (χ0n) is 10.7. The molecule has 0 aliphatic carbocycles. The molecule has 18 heavy (non-hydrogen) atoms. The van der Waals surface area contributed by atoms with E-state index in [1.54, 1.807) is 10.9 Å². The van der Waals surface area contributed by atoms with Crippen molar-refractivity contribution in [3.05, 3.63) is 12.3 Å². The maximum absolute atomic E-state index is 12.0.